The van der Waals surface area contributed by atoms with Crippen LogP contribution in [0.15, 0.2) is 46.0 Å². The second kappa shape index (κ2) is 13.7. The lowest BCUT2D eigenvalue weighted by molar-refractivity contribution is 0.0523. The number of aromatic nitrogens is 2. The number of carbonyl (C=O) groups excluding carboxylic acids is 3. The summed E-state index contributed by atoms with van der Waals surface area (Å²) in [4.78, 5) is 66.4. The van der Waals surface area contributed by atoms with E-state index >= 15 is 4.39 Å². The van der Waals surface area contributed by atoms with Crippen LogP contribution in [-0.4, -0.2) is 50.6 Å². The highest BCUT2D eigenvalue weighted by atomic mass is 19.1. The number of nitrogens with one attached hydrogen (secondary N) is 2. The van der Waals surface area contributed by atoms with Crippen molar-refractivity contribution in [2.75, 3.05) is 18.4 Å². The second-order valence-corrected chi connectivity index (χ2v) is 14.0. The molecule has 1 saturated carbocycles. The van der Waals surface area contributed by atoms with Crippen molar-refractivity contribution >= 4 is 34.5 Å². The topological polar surface area (TPSA) is 132 Å². The van der Waals surface area contributed by atoms with Gasteiger partial charge in [0, 0.05) is 50.3 Å². The van der Waals surface area contributed by atoms with Crippen LogP contribution in [0.25, 0.3) is 10.9 Å². The lowest BCUT2D eigenvalue weighted by atomic mass is 9.91. The van der Waals surface area contributed by atoms with Crippen LogP contribution in [0.4, 0.5) is 19.7 Å². The fraction of sp³-hybridized carbons (Fsp3) is 0.514. The highest BCUT2D eigenvalue weighted by Crippen LogP contribution is 2.30. The van der Waals surface area contributed by atoms with Gasteiger partial charge in [-0.2, -0.15) is 0 Å². The first-order valence-corrected chi connectivity index (χ1v) is 16.3. The van der Waals surface area contributed by atoms with Gasteiger partial charge in [0.2, 0.25) is 0 Å². The maximum Gasteiger partial charge on any atom is 0.407 e. The van der Waals surface area contributed by atoms with Crippen LogP contribution in [0.2, 0.25) is 0 Å². The molecule has 5 rings (SSSR count). The highest BCUT2D eigenvalue weighted by Gasteiger charge is 2.28. The van der Waals surface area contributed by atoms with Crippen LogP contribution < -0.4 is 21.9 Å². The van der Waals surface area contributed by atoms with E-state index in [2.05, 4.69) is 10.6 Å². The van der Waals surface area contributed by atoms with Gasteiger partial charge in [-0.15, -0.1) is 0 Å². The zero-order chi connectivity index (χ0) is 34.0. The number of halogens is 1. The maximum atomic E-state index is 15.4. The number of anilines is 1. The SMILES string of the molecule is CC(C)n1c(=O)n(CC2CC2)c(=O)c2cc(NC(=O)N3CCCC(CC(=O)c4ccc(CNC(=O)OC(C)(C)C)cc4)C3)c(F)cc21. The number of alkyl carbamates (subject to hydrolysis) is 1. The minimum Gasteiger partial charge on any atom is -0.444 e. The van der Waals surface area contributed by atoms with Crippen molar-refractivity contribution in [3.8, 4) is 0 Å². The Morgan fingerprint density at radius 1 is 1.02 bits per heavy atom. The molecule has 0 bridgehead atoms. The molecule has 3 amide bonds. The molecule has 2 aromatic carbocycles. The van der Waals surface area contributed by atoms with Gasteiger partial charge in [-0.3, -0.25) is 18.7 Å². The maximum absolute atomic E-state index is 15.4. The zero-order valence-corrected chi connectivity index (χ0v) is 27.7. The summed E-state index contributed by atoms with van der Waals surface area (Å²) in [5.41, 5.74) is -0.120. The monoisotopic (exact) mass is 649 g/mol. The summed E-state index contributed by atoms with van der Waals surface area (Å²) in [5, 5.41) is 5.50. The van der Waals surface area contributed by atoms with Gasteiger partial charge in [0.15, 0.2) is 5.78 Å². The third kappa shape index (κ3) is 8.28. The molecule has 1 unspecified atom stereocenters. The summed E-state index contributed by atoms with van der Waals surface area (Å²) in [6.07, 6.45) is 3.10. The predicted molar refractivity (Wildman–Crippen MR) is 177 cm³/mol. The molecule has 3 aromatic rings. The first kappa shape index (κ1) is 33.9. The van der Waals surface area contributed by atoms with E-state index in [-0.39, 0.29) is 53.2 Å². The van der Waals surface area contributed by atoms with E-state index in [4.69, 9.17) is 4.74 Å². The van der Waals surface area contributed by atoms with E-state index < -0.39 is 34.8 Å². The summed E-state index contributed by atoms with van der Waals surface area (Å²) in [6, 6.07) is 8.66. The molecule has 1 aliphatic heterocycles. The second-order valence-electron chi connectivity index (χ2n) is 14.0. The Kier molecular flexibility index (Phi) is 9.88. The van der Waals surface area contributed by atoms with Gasteiger partial charge in [-0.1, -0.05) is 24.3 Å². The number of amides is 3. The number of nitrogens with zero attached hydrogens (tertiary/aromatic N) is 3. The molecule has 11 nitrogen and oxygen atoms in total. The molecule has 0 spiro atoms. The highest BCUT2D eigenvalue weighted by molar-refractivity contribution is 5.96. The standard InChI is InChI=1S/C35H44FN5O6/c1-21(2)41-29-17-27(36)28(16-26(29)31(43)40(34(41)46)20-23-8-9-23)38-32(44)39-14-6-7-24(19-39)15-30(42)25-12-10-22(11-13-25)18-37-33(45)47-35(3,4)5/h10-13,16-17,21,23-24H,6-9,14-15,18-20H2,1-5H3,(H,37,45)(H,38,44). The van der Waals surface area contributed by atoms with E-state index in [1.54, 1.807) is 63.8 Å². The van der Waals surface area contributed by atoms with Crippen LogP contribution in [0.5, 0.6) is 0 Å². The van der Waals surface area contributed by atoms with Gasteiger partial charge >= 0.3 is 17.8 Å². The Bertz CT molecular complexity index is 1790. The Hall–Kier alpha value is -4.48. The number of fused-ring (bicyclic) bond motifs is 1. The molecule has 1 atom stereocenters. The molecule has 12 heteroatoms. The number of Topliss-reactive ketones (excluding diaryl/α,β-unsaturated/α-hetero) is 1. The van der Waals surface area contributed by atoms with Gasteiger partial charge in [-0.05, 0) is 83.8 Å². The largest absolute Gasteiger partial charge is 0.444 e. The average Bonchev–Trinajstić information content (AvgIpc) is 3.83. The van der Waals surface area contributed by atoms with Gasteiger partial charge < -0.3 is 20.3 Å². The Morgan fingerprint density at radius 2 is 1.72 bits per heavy atom. The number of piperidine rings is 1. The van der Waals surface area contributed by atoms with Crippen molar-refractivity contribution in [2.45, 2.75) is 91.5 Å². The van der Waals surface area contributed by atoms with Gasteiger partial charge in [-0.25, -0.2) is 18.8 Å². The van der Waals surface area contributed by atoms with Gasteiger partial charge in [0.1, 0.15) is 11.4 Å². The molecule has 2 aliphatic rings. The molecule has 0 radical (unpaired) electrons. The molecule has 1 aromatic heterocycles. The summed E-state index contributed by atoms with van der Waals surface area (Å²) in [6.45, 7) is 10.3. The summed E-state index contributed by atoms with van der Waals surface area (Å²) in [7, 11) is 0. The van der Waals surface area contributed by atoms with E-state index in [1.807, 2.05) is 0 Å². The Labute approximate surface area is 273 Å². The van der Waals surface area contributed by atoms with E-state index in [1.165, 1.54) is 15.2 Å². The summed E-state index contributed by atoms with van der Waals surface area (Å²) >= 11 is 0. The van der Waals surface area contributed by atoms with Gasteiger partial charge in [0.25, 0.3) is 5.56 Å². The first-order chi connectivity index (χ1) is 22.2. The van der Waals surface area contributed by atoms with Crippen molar-refractivity contribution in [3.05, 3.63) is 74.2 Å². The van der Waals surface area contributed by atoms with Crippen molar-refractivity contribution in [2.24, 2.45) is 11.8 Å². The van der Waals surface area contributed by atoms with Crippen LogP contribution in [0, 0.1) is 17.7 Å². The van der Waals surface area contributed by atoms with Crippen molar-refractivity contribution in [3.63, 3.8) is 0 Å². The molecule has 2 N–H and O–H groups in total. The van der Waals surface area contributed by atoms with Crippen molar-refractivity contribution < 1.29 is 23.5 Å². The number of ketones is 1. The third-order valence-electron chi connectivity index (χ3n) is 8.55. The smallest absolute Gasteiger partial charge is 0.407 e. The predicted octanol–water partition coefficient (Wildman–Crippen LogP) is 5.83. The molecule has 2 heterocycles. The van der Waals surface area contributed by atoms with Crippen LogP contribution in [-0.2, 0) is 17.8 Å². The third-order valence-corrected chi connectivity index (χ3v) is 8.55. The number of urea groups is 1. The molecule has 2 fully saturated rings. The zero-order valence-electron chi connectivity index (χ0n) is 27.7. The minimum absolute atomic E-state index is 0.0526. The number of benzene rings is 2. The van der Waals surface area contributed by atoms with Crippen LogP contribution in [0.3, 0.4) is 0 Å². The summed E-state index contributed by atoms with van der Waals surface area (Å²) in [5.74, 6) is -0.591. The number of likely N-dealkylation sites (tertiary alicyclic amines) is 1. The number of rotatable bonds is 9. The molecule has 252 valence electrons. The minimum atomic E-state index is -0.743. The quantitative estimate of drug-likeness (QED) is 0.280. The van der Waals surface area contributed by atoms with E-state index in [0.717, 1.165) is 30.9 Å². The number of hydrogen-bond donors (Lipinski definition) is 2. The Balaban J connectivity index is 1.23. The average molecular weight is 650 g/mol. The normalized spacial score (nSPS) is 16.7. The van der Waals surface area contributed by atoms with Crippen molar-refractivity contribution in [1.82, 2.24) is 19.4 Å². The molecule has 1 aliphatic carbocycles. The number of hydrogen-bond acceptors (Lipinski definition) is 6. The lowest BCUT2D eigenvalue weighted by Crippen LogP contribution is -2.43. The molecule has 1 saturated heterocycles. The fourth-order valence-electron chi connectivity index (χ4n) is 6.00. The fourth-order valence-corrected chi connectivity index (χ4v) is 6.00. The van der Waals surface area contributed by atoms with E-state index in [0.29, 0.717) is 31.6 Å². The number of carbonyl (C=O) groups is 3. The molecule has 47 heavy (non-hydrogen) atoms. The summed E-state index contributed by atoms with van der Waals surface area (Å²) < 4.78 is 23.3. The molecular formula is C35H44FN5O6. The van der Waals surface area contributed by atoms with E-state index in [9.17, 15) is 24.0 Å². The molecular weight excluding hydrogens is 605 g/mol. The van der Waals surface area contributed by atoms with Crippen LogP contribution in [0.1, 0.15) is 88.7 Å². The van der Waals surface area contributed by atoms with Gasteiger partial charge in [0.05, 0.1) is 16.6 Å². The van der Waals surface area contributed by atoms with Crippen molar-refractivity contribution in [1.29, 1.82) is 0 Å². The first-order valence-electron chi connectivity index (χ1n) is 16.3. The Morgan fingerprint density at radius 3 is 2.36 bits per heavy atom. The lowest BCUT2D eigenvalue weighted by Gasteiger charge is -2.32. The number of ether oxygens (including phenoxy) is 1. The van der Waals surface area contributed by atoms with Crippen LogP contribution >= 0.6 is 0 Å².